The molecule has 0 aliphatic heterocycles. The van der Waals surface area contributed by atoms with Crippen molar-refractivity contribution in [3.63, 3.8) is 0 Å². The predicted octanol–water partition coefficient (Wildman–Crippen LogP) is 3.45. The third kappa shape index (κ3) is 3.36. The van der Waals surface area contributed by atoms with Gasteiger partial charge in [-0.15, -0.1) is 0 Å². The maximum absolute atomic E-state index is 11.9. The van der Waals surface area contributed by atoms with Gasteiger partial charge in [0.2, 0.25) is 0 Å². The minimum absolute atomic E-state index is 0.392. The van der Waals surface area contributed by atoms with Crippen LogP contribution in [0, 0.1) is 0 Å². The van der Waals surface area contributed by atoms with E-state index in [-0.39, 0.29) is 0 Å². The van der Waals surface area contributed by atoms with Gasteiger partial charge in [-0.05, 0) is 23.8 Å². The Morgan fingerprint density at radius 1 is 1.24 bits per heavy atom. The maximum atomic E-state index is 11.9. The molecule has 0 saturated heterocycles. The Kier molecular flexibility index (Phi) is 4.85. The SMILES string of the molecule is COC(=O)c1cccc(N)c1N(C)Cc1ccccc1Br. The van der Waals surface area contributed by atoms with E-state index in [9.17, 15) is 4.79 Å². The highest BCUT2D eigenvalue weighted by atomic mass is 79.9. The van der Waals surface area contributed by atoms with Crippen LogP contribution in [0.3, 0.4) is 0 Å². The van der Waals surface area contributed by atoms with Crippen molar-refractivity contribution in [2.24, 2.45) is 0 Å². The van der Waals surface area contributed by atoms with Crippen LogP contribution in [0.5, 0.6) is 0 Å². The highest BCUT2D eigenvalue weighted by Gasteiger charge is 2.18. The van der Waals surface area contributed by atoms with Gasteiger partial charge in [-0.25, -0.2) is 4.79 Å². The maximum Gasteiger partial charge on any atom is 0.340 e. The summed E-state index contributed by atoms with van der Waals surface area (Å²) in [4.78, 5) is 13.8. The van der Waals surface area contributed by atoms with Gasteiger partial charge in [0.1, 0.15) is 0 Å². The summed E-state index contributed by atoms with van der Waals surface area (Å²) >= 11 is 3.53. The first-order chi connectivity index (χ1) is 10.0. The molecule has 0 heterocycles. The van der Waals surface area contributed by atoms with Gasteiger partial charge in [0, 0.05) is 18.1 Å². The van der Waals surface area contributed by atoms with Gasteiger partial charge in [0.25, 0.3) is 0 Å². The highest BCUT2D eigenvalue weighted by molar-refractivity contribution is 9.10. The number of esters is 1. The molecule has 0 bridgehead atoms. The fourth-order valence-corrected chi connectivity index (χ4v) is 2.63. The van der Waals surface area contributed by atoms with E-state index in [0.717, 1.165) is 10.0 Å². The van der Waals surface area contributed by atoms with E-state index >= 15 is 0 Å². The van der Waals surface area contributed by atoms with Crippen LogP contribution in [0.1, 0.15) is 15.9 Å². The van der Waals surface area contributed by atoms with Gasteiger partial charge in [-0.2, -0.15) is 0 Å². The number of benzene rings is 2. The van der Waals surface area contributed by atoms with E-state index in [1.807, 2.05) is 36.2 Å². The number of nitrogens with zero attached hydrogens (tertiary/aromatic N) is 1. The second-order valence-corrected chi connectivity index (χ2v) is 5.54. The number of carbonyl (C=O) groups is 1. The number of rotatable bonds is 4. The molecular formula is C16H17BrN2O2. The molecule has 0 saturated carbocycles. The number of hydrogen-bond acceptors (Lipinski definition) is 4. The van der Waals surface area contributed by atoms with Crippen LogP contribution in [0.4, 0.5) is 11.4 Å². The Morgan fingerprint density at radius 2 is 1.95 bits per heavy atom. The molecule has 2 N–H and O–H groups in total. The van der Waals surface area contributed by atoms with Crippen molar-refractivity contribution in [1.82, 2.24) is 0 Å². The largest absolute Gasteiger partial charge is 0.465 e. The normalized spacial score (nSPS) is 10.2. The molecule has 0 radical (unpaired) electrons. The quantitative estimate of drug-likeness (QED) is 0.679. The van der Waals surface area contributed by atoms with E-state index < -0.39 is 5.97 Å². The molecule has 2 aromatic rings. The molecule has 0 fully saturated rings. The summed E-state index contributed by atoms with van der Waals surface area (Å²) in [5.74, 6) is -0.392. The zero-order valence-electron chi connectivity index (χ0n) is 12.0. The molecule has 0 spiro atoms. The summed E-state index contributed by atoms with van der Waals surface area (Å²) in [5, 5.41) is 0. The number of para-hydroxylation sites is 1. The van der Waals surface area contributed by atoms with Gasteiger partial charge >= 0.3 is 5.97 Å². The Balaban J connectivity index is 2.37. The fourth-order valence-electron chi connectivity index (χ4n) is 2.22. The minimum Gasteiger partial charge on any atom is -0.465 e. The van der Waals surface area contributed by atoms with Crippen molar-refractivity contribution in [3.8, 4) is 0 Å². The van der Waals surface area contributed by atoms with Gasteiger partial charge in [0.15, 0.2) is 0 Å². The van der Waals surface area contributed by atoms with Crippen LogP contribution in [-0.4, -0.2) is 20.1 Å². The van der Waals surface area contributed by atoms with Crippen LogP contribution in [0.15, 0.2) is 46.9 Å². The zero-order chi connectivity index (χ0) is 15.4. The van der Waals surface area contributed by atoms with Crippen LogP contribution in [0.2, 0.25) is 0 Å². The van der Waals surface area contributed by atoms with Crippen molar-refractivity contribution in [2.75, 3.05) is 24.8 Å². The standard InChI is InChI=1S/C16H17BrN2O2/c1-19(10-11-6-3-4-8-13(11)17)15-12(16(20)21-2)7-5-9-14(15)18/h3-9H,10,18H2,1-2H3. The first kappa shape index (κ1) is 15.4. The summed E-state index contributed by atoms with van der Waals surface area (Å²) in [7, 11) is 3.26. The van der Waals surface area contributed by atoms with Gasteiger partial charge in [0.05, 0.1) is 24.0 Å². The predicted molar refractivity (Wildman–Crippen MR) is 88.4 cm³/mol. The number of nitrogens with two attached hydrogens (primary N) is 1. The summed E-state index contributed by atoms with van der Waals surface area (Å²) in [6.07, 6.45) is 0. The van der Waals surface area contributed by atoms with E-state index in [1.54, 1.807) is 18.2 Å². The van der Waals surface area contributed by atoms with Crippen molar-refractivity contribution in [3.05, 3.63) is 58.1 Å². The third-order valence-electron chi connectivity index (χ3n) is 3.22. The molecule has 5 heteroatoms. The van der Waals surface area contributed by atoms with Crippen LogP contribution in [-0.2, 0) is 11.3 Å². The van der Waals surface area contributed by atoms with Crippen molar-refractivity contribution in [1.29, 1.82) is 0 Å². The van der Waals surface area contributed by atoms with Gasteiger partial charge in [-0.1, -0.05) is 40.2 Å². The number of halogens is 1. The number of ether oxygens (including phenoxy) is 1. The molecule has 2 rings (SSSR count). The smallest absolute Gasteiger partial charge is 0.340 e. The average molecular weight is 349 g/mol. The third-order valence-corrected chi connectivity index (χ3v) is 3.99. The molecule has 110 valence electrons. The van der Waals surface area contributed by atoms with Crippen molar-refractivity contribution in [2.45, 2.75) is 6.54 Å². The number of carbonyl (C=O) groups excluding carboxylic acids is 1. The van der Waals surface area contributed by atoms with E-state index in [4.69, 9.17) is 10.5 Å². The van der Waals surface area contributed by atoms with Crippen LogP contribution >= 0.6 is 15.9 Å². The Labute approximate surface area is 132 Å². The first-order valence-corrected chi connectivity index (χ1v) is 7.25. The number of anilines is 2. The van der Waals surface area contributed by atoms with E-state index in [2.05, 4.69) is 15.9 Å². The molecule has 0 aromatic heterocycles. The molecule has 0 atom stereocenters. The Bertz CT molecular complexity index is 658. The molecule has 2 aromatic carbocycles. The summed E-state index contributed by atoms with van der Waals surface area (Å²) in [6, 6.07) is 13.2. The number of nitrogen functional groups attached to an aromatic ring is 1. The summed E-state index contributed by atoms with van der Waals surface area (Å²) in [5.41, 5.74) is 8.85. The molecule has 0 aliphatic carbocycles. The second kappa shape index (κ2) is 6.63. The molecule has 4 nitrogen and oxygen atoms in total. The topological polar surface area (TPSA) is 55.6 Å². The lowest BCUT2D eigenvalue weighted by molar-refractivity contribution is 0.0601. The monoisotopic (exact) mass is 348 g/mol. The van der Waals surface area contributed by atoms with Crippen LogP contribution in [0.25, 0.3) is 0 Å². The molecular weight excluding hydrogens is 332 g/mol. The molecule has 0 amide bonds. The van der Waals surface area contributed by atoms with Crippen molar-refractivity contribution < 1.29 is 9.53 Å². The van der Waals surface area contributed by atoms with E-state index in [1.165, 1.54) is 7.11 Å². The van der Waals surface area contributed by atoms with Gasteiger partial charge in [-0.3, -0.25) is 0 Å². The first-order valence-electron chi connectivity index (χ1n) is 6.46. The lowest BCUT2D eigenvalue weighted by Crippen LogP contribution is -2.21. The van der Waals surface area contributed by atoms with Crippen LogP contribution < -0.4 is 10.6 Å². The summed E-state index contributed by atoms with van der Waals surface area (Å²) < 4.78 is 5.85. The number of methoxy groups -OCH3 is 1. The zero-order valence-corrected chi connectivity index (χ0v) is 13.6. The molecule has 0 unspecified atom stereocenters. The minimum atomic E-state index is -0.392. The lowest BCUT2D eigenvalue weighted by Gasteiger charge is -2.24. The van der Waals surface area contributed by atoms with Crippen molar-refractivity contribution >= 4 is 33.3 Å². The fraction of sp³-hybridized carbons (Fsp3) is 0.188. The molecule has 0 aliphatic rings. The Morgan fingerprint density at radius 3 is 2.62 bits per heavy atom. The average Bonchev–Trinajstić information content (AvgIpc) is 2.48. The second-order valence-electron chi connectivity index (χ2n) is 4.68. The summed E-state index contributed by atoms with van der Waals surface area (Å²) in [6.45, 7) is 0.625. The highest BCUT2D eigenvalue weighted by Crippen LogP contribution is 2.30. The molecule has 21 heavy (non-hydrogen) atoms. The van der Waals surface area contributed by atoms with E-state index in [0.29, 0.717) is 23.5 Å². The van der Waals surface area contributed by atoms with Gasteiger partial charge < -0.3 is 15.4 Å². The Hall–Kier alpha value is -2.01. The lowest BCUT2D eigenvalue weighted by atomic mass is 10.1. The number of hydrogen-bond donors (Lipinski definition) is 1.